The van der Waals surface area contributed by atoms with Crippen molar-refractivity contribution in [3.63, 3.8) is 0 Å². The van der Waals surface area contributed by atoms with E-state index in [4.69, 9.17) is 4.74 Å². The minimum absolute atomic E-state index is 0.0177. The number of nitrogens with one attached hydrogen (secondary N) is 2. The van der Waals surface area contributed by atoms with E-state index in [1.165, 1.54) is 6.07 Å². The predicted molar refractivity (Wildman–Crippen MR) is 109 cm³/mol. The first-order valence-electron chi connectivity index (χ1n) is 9.21. The fourth-order valence-corrected chi connectivity index (χ4v) is 2.60. The summed E-state index contributed by atoms with van der Waals surface area (Å²) in [5, 5.41) is 5.31. The van der Waals surface area contributed by atoms with Crippen molar-refractivity contribution in [1.82, 2.24) is 10.3 Å². The van der Waals surface area contributed by atoms with Gasteiger partial charge in [0.25, 0.3) is 0 Å². The normalized spacial score (nSPS) is 10.5. The number of carbonyl (C=O) groups excluding carboxylic acids is 1. The number of amides is 2. The molecule has 0 aliphatic carbocycles. The molecule has 2 aromatic carbocycles. The van der Waals surface area contributed by atoms with Gasteiger partial charge >= 0.3 is 12.6 Å². The molecular formula is C22H21F2N3O3. The number of hydrogen-bond acceptors (Lipinski definition) is 4. The minimum Gasteiger partial charge on any atom is -0.487 e. The second kappa shape index (κ2) is 10.2. The number of ether oxygens (including phenoxy) is 2. The van der Waals surface area contributed by atoms with Crippen LogP contribution in [0.25, 0.3) is 0 Å². The van der Waals surface area contributed by atoms with Gasteiger partial charge in [0.2, 0.25) is 0 Å². The van der Waals surface area contributed by atoms with Gasteiger partial charge in [-0.05, 0) is 48.4 Å². The van der Waals surface area contributed by atoms with E-state index in [2.05, 4.69) is 20.4 Å². The fraction of sp³-hybridized carbons (Fsp3) is 0.182. The molecule has 0 unspecified atom stereocenters. The zero-order valence-corrected chi connectivity index (χ0v) is 16.3. The number of benzene rings is 2. The maximum Gasteiger partial charge on any atom is 0.387 e. The van der Waals surface area contributed by atoms with Gasteiger partial charge < -0.3 is 20.1 Å². The maximum atomic E-state index is 12.4. The number of aryl methyl sites for hydroxylation is 1. The van der Waals surface area contributed by atoms with E-state index in [-0.39, 0.29) is 5.75 Å². The molecule has 3 rings (SSSR count). The number of alkyl halides is 2. The molecule has 0 fully saturated rings. The van der Waals surface area contributed by atoms with Crippen molar-refractivity contribution in [2.45, 2.75) is 26.7 Å². The van der Waals surface area contributed by atoms with Crippen LogP contribution in [0.2, 0.25) is 0 Å². The molecule has 3 aromatic rings. The lowest BCUT2D eigenvalue weighted by molar-refractivity contribution is -0.0502. The smallest absolute Gasteiger partial charge is 0.387 e. The zero-order valence-electron chi connectivity index (χ0n) is 16.3. The Labute approximate surface area is 172 Å². The summed E-state index contributed by atoms with van der Waals surface area (Å²) in [6.07, 6.45) is 1.71. The van der Waals surface area contributed by atoms with Crippen molar-refractivity contribution in [2.24, 2.45) is 0 Å². The van der Waals surface area contributed by atoms with Crippen LogP contribution in [-0.4, -0.2) is 17.6 Å². The Balaban J connectivity index is 1.47. The lowest BCUT2D eigenvalue weighted by Crippen LogP contribution is -2.28. The van der Waals surface area contributed by atoms with Gasteiger partial charge in [0.05, 0.1) is 5.69 Å². The predicted octanol–water partition coefficient (Wildman–Crippen LogP) is 4.89. The van der Waals surface area contributed by atoms with E-state index in [0.29, 0.717) is 30.2 Å². The molecule has 156 valence electrons. The highest BCUT2D eigenvalue weighted by molar-refractivity contribution is 5.89. The molecule has 1 heterocycles. The Hall–Kier alpha value is -3.68. The number of halogens is 2. The number of urea groups is 1. The van der Waals surface area contributed by atoms with Gasteiger partial charge in [0.1, 0.15) is 18.1 Å². The van der Waals surface area contributed by atoms with Gasteiger partial charge in [-0.25, -0.2) is 4.79 Å². The van der Waals surface area contributed by atoms with E-state index in [1.54, 1.807) is 25.3 Å². The van der Waals surface area contributed by atoms with Crippen LogP contribution in [0, 0.1) is 6.92 Å². The first kappa shape index (κ1) is 21.0. The van der Waals surface area contributed by atoms with E-state index in [9.17, 15) is 13.6 Å². The minimum atomic E-state index is -2.93. The van der Waals surface area contributed by atoms with Crippen LogP contribution < -0.4 is 20.1 Å². The molecule has 0 aliphatic heterocycles. The van der Waals surface area contributed by atoms with Crippen LogP contribution >= 0.6 is 0 Å². The number of nitrogens with zero attached hydrogens (tertiary/aromatic N) is 1. The Bertz CT molecular complexity index is 967. The quantitative estimate of drug-likeness (QED) is 0.551. The summed E-state index contributed by atoms with van der Waals surface area (Å²) >= 11 is 0. The average Bonchev–Trinajstić information content (AvgIpc) is 2.74. The summed E-state index contributed by atoms with van der Waals surface area (Å²) in [4.78, 5) is 16.3. The third-order valence-electron chi connectivity index (χ3n) is 4.15. The third-order valence-corrected chi connectivity index (χ3v) is 4.15. The van der Waals surface area contributed by atoms with Gasteiger partial charge in [-0.1, -0.05) is 24.3 Å². The van der Waals surface area contributed by atoms with Crippen LogP contribution in [0.3, 0.4) is 0 Å². The Kier molecular flexibility index (Phi) is 7.15. The number of anilines is 1. The molecule has 0 saturated heterocycles. The molecular weight excluding hydrogens is 392 g/mol. The third kappa shape index (κ3) is 6.44. The van der Waals surface area contributed by atoms with Crippen LogP contribution in [0.4, 0.5) is 19.3 Å². The second-order valence-electron chi connectivity index (χ2n) is 6.42. The Morgan fingerprint density at radius 2 is 1.90 bits per heavy atom. The lowest BCUT2D eigenvalue weighted by Gasteiger charge is -2.12. The van der Waals surface area contributed by atoms with Crippen molar-refractivity contribution in [3.8, 4) is 11.5 Å². The molecule has 0 radical (unpaired) electrons. The first-order valence-corrected chi connectivity index (χ1v) is 9.21. The van der Waals surface area contributed by atoms with Crippen LogP contribution in [0.1, 0.15) is 16.8 Å². The van der Waals surface area contributed by atoms with Crippen molar-refractivity contribution in [2.75, 3.05) is 5.32 Å². The zero-order chi connectivity index (χ0) is 21.3. The summed E-state index contributed by atoms with van der Waals surface area (Å²) in [7, 11) is 0. The van der Waals surface area contributed by atoms with Gasteiger partial charge in [-0.2, -0.15) is 8.78 Å². The monoisotopic (exact) mass is 413 g/mol. The van der Waals surface area contributed by atoms with Gasteiger partial charge in [0, 0.05) is 24.5 Å². The van der Waals surface area contributed by atoms with Crippen molar-refractivity contribution in [3.05, 3.63) is 83.7 Å². The molecule has 8 heteroatoms. The SMILES string of the molecule is Cc1ccc(NC(=O)NCc2ccc(OCc3ccccn3)cc2)cc1OC(F)F. The number of rotatable bonds is 8. The Morgan fingerprint density at radius 3 is 2.60 bits per heavy atom. The molecule has 0 saturated carbocycles. The molecule has 0 aliphatic rings. The topological polar surface area (TPSA) is 72.5 Å². The van der Waals surface area contributed by atoms with E-state index in [1.807, 2.05) is 42.5 Å². The highest BCUT2D eigenvalue weighted by Gasteiger charge is 2.09. The largest absolute Gasteiger partial charge is 0.487 e. The number of carbonyl (C=O) groups is 1. The molecule has 0 atom stereocenters. The summed E-state index contributed by atoms with van der Waals surface area (Å²) in [6, 6.07) is 17.0. The number of aromatic nitrogens is 1. The van der Waals surface area contributed by atoms with Crippen LogP contribution in [0.15, 0.2) is 66.9 Å². The first-order chi connectivity index (χ1) is 14.5. The Morgan fingerprint density at radius 1 is 1.10 bits per heavy atom. The van der Waals surface area contributed by atoms with Gasteiger partial charge in [-0.15, -0.1) is 0 Å². The van der Waals surface area contributed by atoms with Crippen molar-refractivity contribution >= 4 is 11.7 Å². The molecule has 0 bridgehead atoms. The van der Waals surface area contributed by atoms with Gasteiger partial charge in [0.15, 0.2) is 0 Å². The highest BCUT2D eigenvalue weighted by Crippen LogP contribution is 2.24. The highest BCUT2D eigenvalue weighted by atomic mass is 19.3. The standard InChI is InChI=1S/C22H21F2N3O3/c1-15-5-8-17(12-20(15)30-21(23)24)27-22(28)26-13-16-6-9-19(10-7-16)29-14-18-4-2-3-11-25-18/h2-12,21H,13-14H2,1H3,(H2,26,27,28). The summed E-state index contributed by atoms with van der Waals surface area (Å²) < 4.78 is 35.0. The number of pyridine rings is 1. The maximum absolute atomic E-state index is 12.4. The molecule has 2 amide bonds. The second-order valence-corrected chi connectivity index (χ2v) is 6.42. The van der Waals surface area contributed by atoms with Crippen molar-refractivity contribution in [1.29, 1.82) is 0 Å². The average molecular weight is 413 g/mol. The van der Waals surface area contributed by atoms with Crippen LogP contribution in [-0.2, 0) is 13.2 Å². The summed E-state index contributed by atoms with van der Waals surface area (Å²) in [5.74, 6) is 0.712. The molecule has 6 nitrogen and oxygen atoms in total. The molecule has 0 spiro atoms. The van der Waals surface area contributed by atoms with E-state index >= 15 is 0 Å². The molecule has 30 heavy (non-hydrogen) atoms. The fourth-order valence-electron chi connectivity index (χ4n) is 2.60. The molecule has 2 N–H and O–H groups in total. The summed E-state index contributed by atoms with van der Waals surface area (Å²) in [5.41, 5.74) is 2.61. The lowest BCUT2D eigenvalue weighted by atomic mass is 10.2. The summed E-state index contributed by atoms with van der Waals surface area (Å²) in [6.45, 7) is -0.623. The van der Waals surface area contributed by atoms with E-state index < -0.39 is 12.6 Å². The van der Waals surface area contributed by atoms with E-state index in [0.717, 1.165) is 11.3 Å². The van der Waals surface area contributed by atoms with Crippen LogP contribution in [0.5, 0.6) is 11.5 Å². The van der Waals surface area contributed by atoms with Crippen molar-refractivity contribution < 1.29 is 23.0 Å². The molecule has 1 aromatic heterocycles. The number of hydrogen-bond donors (Lipinski definition) is 2. The van der Waals surface area contributed by atoms with Gasteiger partial charge in [-0.3, -0.25) is 4.98 Å².